The zero-order valence-corrected chi connectivity index (χ0v) is 12.5. The molecule has 0 aliphatic heterocycles. The number of hydrogen-bond acceptors (Lipinski definition) is 4. The Kier molecular flexibility index (Phi) is 4.34. The second kappa shape index (κ2) is 5.81. The van der Waals surface area contributed by atoms with Crippen molar-refractivity contribution in [2.24, 2.45) is 7.05 Å². The summed E-state index contributed by atoms with van der Waals surface area (Å²) in [5.74, 6) is -0.396. The van der Waals surface area contributed by atoms with E-state index in [0.717, 1.165) is 0 Å². The molecule has 1 amide bonds. The second-order valence-corrected chi connectivity index (χ2v) is 5.23. The molecule has 0 saturated carbocycles. The summed E-state index contributed by atoms with van der Waals surface area (Å²) in [6, 6.07) is 5.00. The van der Waals surface area contributed by atoms with Crippen LogP contribution in [0, 0.1) is 0 Å². The molecule has 0 saturated heterocycles. The molecule has 0 fully saturated rings. The summed E-state index contributed by atoms with van der Waals surface area (Å²) in [5.41, 5.74) is 0.611. The number of anilines is 1. The van der Waals surface area contributed by atoms with Gasteiger partial charge in [-0.1, -0.05) is 34.5 Å². The monoisotopic (exact) mass is 316 g/mol. The third-order valence-corrected chi connectivity index (χ3v) is 3.86. The quantitative estimate of drug-likeness (QED) is 0.884. The minimum absolute atomic E-state index is 0.242. The molecule has 0 radical (unpaired) electrons. The maximum absolute atomic E-state index is 12.2. The van der Waals surface area contributed by atoms with Crippen LogP contribution in [0.3, 0.4) is 0 Å². The van der Waals surface area contributed by atoms with Crippen LogP contribution >= 0.6 is 35.0 Å². The van der Waals surface area contributed by atoms with Gasteiger partial charge in [0.2, 0.25) is 0 Å². The SMILES string of the molecule is CSc1c(C(=O)Nc2c(Cl)cccc2Cl)nnn1C. The average Bonchev–Trinajstić information content (AvgIpc) is 2.75. The summed E-state index contributed by atoms with van der Waals surface area (Å²) in [6.45, 7) is 0. The number of amides is 1. The van der Waals surface area contributed by atoms with E-state index < -0.39 is 5.91 Å². The van der Waals surface area contributed by atoms with Crippen molar-refractivity contribution >= 4 is 46.6 Å². The summed E-state index contributed by atoms with van der Waals surface area (Å²) in [7, 11) is 1.72. The Morgan fingerprint density at radius 1 is 1.37 bits per heavy atom. The number of rotatable bonds is 3. The van der Waals surface area contributed by atoms with E-state index in [4.69, 9.17) is 23.2 Å². The van der Waals surface area contributed by atoms with E-state index in [1.165, 1.54) is 16.4 Å². The van der Waals surface area contributed by atoms with Gasteiger partial charge >= 0.3 is 0 Å². The number of halogens is 2. The highest BCUT2D eigenvalue weighted by molar-refractivity contribution is 7.98. The summed E-state index contributed by atoms with van der Waals surface area (Å²) in [6.07, 6.45) is 1.85. The lowest BCUT2D eigenvalue weighted by atomic mass is 10.3. The van der Waals surface area contributed by atoms with E-state index in [0.29, 0.717) is 20.8 Å². The number of para-hydroxylation sites is 1. The Balaban J connectivity index is 2.31. The Morgan fingerprint density at radius 2 is 2.00 bits per heavy atom. The van der Waals surface area contributed by atoms with Gasteiger partial charge in [0, 0.05) is 7.05 Å². The van der Waals surface area contributed by atoms with Gasteiger partial charge in [-0.2, -0.15) is 0 Å². The zero-order chi connectivity index (χ0) is 14.0. The normalized spacial score (nSPS) is 10.5. The van der Waals surface area contributed by atoms with Crippen LogP contribution < -0.4 is 5.32 Å². The summed E-state index contributed by atoms with van der Waals surface area (Å²) in [4.78, 5) is 12.2. The van der Waals surface area contributed by atoms with Crippen molar-refractivity contribution in [2.75, 3.05) is 11.6 Å². The first-order chi connectivity index (χ1) is 9.04. The second-order valence-electron chi connectivity index (χ2n) is 3.62. The van der Waals surface area contributed by atoms with Crippen LogP contribution in [0.1, 0.15) is 10.5 Å². The van der Waals surface area contributed by atoms with Crippen LogP contribution in [0.4, 0.5) is 5.69 Å². The Labute approximate surface area is 124 Å². The molecule has 1 aromatic heterocycles. The van der Waals surface area contributed by atoms with Gasteiger partial charge in [-0.05, 0) is 18.4 Å². The van der Waals surface area contributed by atoms with Crippen molar-refractivity contribution < 1.29 is 4.79 Å². The predicted octanol–water partition coefficient (Wildman–Crippen LogP) is 3.10. The molecule has 0 spiro atoms. The predicted molar refractivity (Wildman–Crippen MR) is 77.2 cm³/mol. The molecular weight excluding hydrogens is 307 g/mol. The fourth-order valence-corrected chi connectivity index (χ4v) is 2.63. The molecule has 8 heteroatoms. The number of thioether (sulfide) groups is 1. The smallest absolute Gasteiger partial charge is 0.279 e. The Hall–Kier alpha value is -1.24. The van der Waals surface area contributed by atoms with Crippen LogP contribution in [-0.4, -0.2) is 27.2 Å². The van der Waals surface area contributed by atoms with Crippen LogP contribution in [0.5, 0.6) is 0 Å². The number of carbonyl (C=O) groups is 1. The Morgan fingerprint density at radius 3 is 2.58 bits per heavy atom. The number of aryl methyl sites for hydroxylation is 1. The van der Waals surface area contributed by atoms with Gasteiger partial charge in [-0.15, -0.1) is 16.9 Å². The highest BCUT2D eigenvalue weighted by Crippen LogP contribution is 2.30. The first kappa shape index (κ1) is 14.2. The molecule has 0 bridgehead atoms. The molecule has 1 N–H and O–H groups in total. The topological polar surface area (TPSA) is 59.8 Å². The number of hydrogen-bond donors (Lipinski definition) is 1. The van der Waals surface area contributed by atoms with Crippen molar-refractivity contribution in [3.05, 3.63) is 33.9 Å². The van der Waals surface area contributed by atoms with Crippen molar-refractivity contribution in [2.45, 2.75) is 5.03 Å². The van der Waals surface area contributed by atoms with E-state index in [1.54, 1.807) is 25.2 Å². The van der Waals surface area contributed by atoms with Crippen molar-refractivity contribution in [3.8, 4) is 0 Å². The van der Waals surface area contributed by atoms with E-state index >= 15 is 0 Å². The standard InChI is InChI=1S/C11H10Cl2N4OS/c1-17-11(19-2)9(15-16-17)10(18)14-8-6(12)4-3-5-7(8)13/h3-5H,1-2H3,(H,14,18). The molecule has 0 unspecified atom stereocenters. The largest absolute Gasteiger partial charge is 0.318 e. The number of nitrogens with one attached hydrogen (secondary N) is 1. The molecule has 19 heavy (non-hydrogen) atoms. The molecule has 0 aliphatic rings. The van der Waals surface area contributed by atoms with Crippen molar-refractivity contribution in [1.82, 2.24) is 15.0 Å². The fraction of sp³-hybridized carbons (Fsp3) is 0.182. The van der Waals surface area contributed by atoms with Crippen LogP contribution in [0.15, 0.2) is 23.2 Å². The minimum Gasteiger partial charge on any atom is -0.318 e. The molecule has 2 rings (SSSR count). The Bertz CT molecular complexity index is 609. The van der Waals surface area contributed by atoms with Gasteiger partial charge in [0.25, 0.3) is 5.91 Å². The number of benzene rings is 1. The van der Waals surface area contributed by atoms with Crippen molar-refractivity contribution in [1.29, 1.82) is 0 Å². The number of aromatic nitrogens is 3. The van der Waals surface area contributed by atoms with Gasteiger partial charge in [0.05, 0.1) is 15.7 Å². The van der Waals surface area contributed by atoms with Gasteiger partial charge in [-0.25, -0.2) is 4.68 Å². The van der Waals surface area contributed by atoms with Crippen LogP contribution in [0.2, 0.25) is 10.0 Å². The minimum atomic E-state index is -0.396. The number of carbonyl (C=O) groups excluding carboxylic acids is 1. The third-order valence-electron chi connectivity index (χ3n) is 2.39. The third kappa shape index (κ3) is 2.86. The molecule has 1 aromatic carbocycles. The van der Waals surface area contributed by atoms with Crippen LogP contribution in [-0.2, 0) is 7.05 Å². The molecule has 100 valence electrons. The van der Waals surface area contributed by atoms with Gasteiger partial charge in [0.15, 0.2) is 5.69 Å². The molecule has 0 atom stereocenters. The first-order valence-corrected chi connectivity index (χ1v) is 7.21. The maximum Gasteiger partial charge on any atom is 0.279 e. The average molecular weight is 317 g/mol. The molecule has 5 nitrogen and oxygen atoms in total. The van der Waals surface area contributed by atoms with E-state index in [-0.39, 0.29) is 5.69 Å². The highest BCUT2D eigenvalue weighted by atomic mass is 35.5. The summed E-state index contributed by atoms with van der Waals surface area (Å²) in [5, 5.41) is 11.7. The van der Waals surface area contributed by atoms with Gasteiger partial charge < -0.3 is 5.32 Å². The fourth-order valence-electron chi connectivity index (χ4n) is 1.51. The maximum atomic E-state index is 12.2. The lowest BCUT2D eigenvalue weighted by Crippen LogP contribution is -2.14. The van der Waals surface area contributed by atoms with Crippen molar-refractivity contribution in [3.63, 3.8) is 0 Å². The zero-order valence-electron chi connectivity index (χ0n) is 10.1. The lowest BCUT2D eigenvalue weighted by molar-refractivity contribution is 0.101. The highest BCUT2D eigenvalue weighted by Gasteiger charge is 2.19. The van der Waals surface area contributed by atoms with E-state index in [9.17, 15) is 4.79 Å². The van der Waals surface area contributed by atoms with Gasteiger partial charge in [-0.3, -0.25) is 4.79 Å². The van der Waals surface area contributed by atoms with Gasteiger partial charge in [0.1, 0.15) is 5.03 Å². The number of nitrogens with zero attached hydrogens (tertiary/aromatic N) is 3. The summed E-state index contributed by atoms with van der Waals surface area (Å²) < 4.78 is 1.54. The molecule has 1 heterocycles. The van der Waals surface area contributed by atoms with E-state index in [2.05, 4.69) is 15.6 Å². The van der Waals surface area contributed by atoms with Crippen LogP contribution in [0.25, 0.3) is 0 Å². The molecule has 0 aliphatic carbocycles. The van der Waals surface area contributed by atoms with E-state index in [1.807, 2.05) is 6.26 Å². The molecular formula is C11H10Cl2N4OS. The molecule has 2 aromatic rings. The summed E-state index contributed by atoms with van der Waals surface area (Å²) >= 11 is 13.4. The lowest BCUT2D eigenvalue weighted by Gasteiger charge is -2.08. The first-order valence-electron chi connectivity index (χ1n) is 5.23.